The average molecular weight is 218 g/mol. The maximum atomic E-state index is 11.9. The summed E-state index contributed by atoms with van der Waals surface area (Å²) in [5, 5.41) is 17.6. The van der Waals surface area contributed by atoms with Crippen LogP contribution in [-0.4, -0.2) is 78.7 Å². The van der Waals surface area contributed by atoms with Crippen molar-refractivity contribution in [3.05, 3.63) is 0 Å². The van der Waals surface area contributed by atoms with Gasteiger partial charge in [0.1, 0.15) is 0 Å². The maximum absolute atomic E-state index is 11.9. The van der Waals surface area contributed by atoms with Crippen LogP contribution in [0.4, 0.5) is 4.79 Å². The zero-order chi connectivity index (χ0) is 11.1. The molecular formula is C9H18N2O4. The van der Waals surface area contributed by atoms with Gasteiger partial charge in [0.2, 0.25) is 0 Å². The molecule has 6 heteroatoms. The predicted octanol–water partition coefficient (Wildman–Crippen LogP) is -1.27. The molecule has 0 unspecified atom stereocenters. The van der Waals surface area contributed by atoms with Crippen LogP contribution in [0.1, 0.15) is 0 Å². The number of rotatable bonds is 4. The Labute approximate surface area is 89.0 Å². The molecule has 1 heterocycles. The van der Waals surface area contributed by atoms with Crippen molar-refractivity contribution in [2.75, 3.05) is 52.6 Å². The normalized spacial score (nSPS) is 16.5. The molecule has 88 valence electrons. The van der Waals surface area contributed by atoms with Crippen molar-refractivity contribution in [2.24, 2.45) is 0 Å². The van der Waals surface area contributed by atoms with E-state index in [1.54, 1.807) is 4.90 Å². The summed E-state index contributed by atoms with van der Waals surface area (Å²) in [6.45, 7) is 2.60. The Morgan fingerprint density at radius 3 is 2.20 bits per heavy atom. The van der Waals surface area contributed by atoms with Crippen molar-refractivity contribution in [2.45, 2.75) is 0 Å². The first-order valence-electron chi connectivity index (χ1n) is 5.13. The maximum Gasteiger partial charge on any atom is 0.320 e. The van der Waals surface area contributed by atoms with Gasteiger partial charge in [-0.15, -0.1) is 0 Å². The summed E-state index contributed by atoms with van der Waals surface area (Å²) < 4.78 is 5.14. The number of ether oxygens (including phenoxy) is 1. The molecule has 1 aliphatic heterocycles. The Morgan fingerprint density at radius 1 is 1.20 bits per heavy atom. The number of hydrogen-bond acceptors (Lipinski definition) is 4. The Bertz CT molecular complexity index is 189. The fraction of sp³-hybridized carbons (Fsp3) is 0.889. The second-order valence-corrected chi connectivity index (χ2v) is 3.32. The van der Waals surface area contributed by atoms with Gasteiger partial charge in [-0.05, 0) is 0 Å². The molecule has 0 aliphatic carbocycles. The SMILES string of the molecule is O=C(N(CCO)CCO)N1CCOCC1. The van der Waals surface area contributed by atoms with Crippen LogP contribution in [0, 0.1) is 0 Å². The summed E-state index contributed by atoms with van der Waals surface area (Å²) in [5.41, 5.74) is 0. The number of aliphatic hydroxyl groups is 2. The Balaban J connectivity index is 2.45. The van der Waals surface area contributed by atoms with E-state index in [-0.39, 0.29) is 32.3 Å². The lowest BCUT2D eigenvalue weighted by atomic mass is 10.4. The van der Waals surface area contributed by atoms with Gasteiger partial charge in [0.25, 0.3) is 0 Å². The van der Waals surface area contributed by atoms with Crippen LogP contribution in [0.15, 0.2) is 0 Å². The highest BCUT2D eigenvalue weighted by molar-refractivity contribution is 5.74. The summed E-state index contributed by atoms with van der Waals surface area (Å²) in [6.07, 6.45) is 0. The molecule has 1 aliphatic rings. The van der Waals surface area contributed by atoms with Gasteiger partial charge in [-0.3, -0.25) is 0 Å². The van der Waals surface area contributed by atoms with Gasteiger partial charge >= 0.3 is 6.03 Å². The van der Waals surface area contributed by atoms with E-state index in [0.29, 0.717) is 26.3 Å². The van der Waals surface area contributed by atoms with E-state index in [1.165, 1.54) is 4.90 Å². The molecule has 1 fully saturated rings. The molecule has 0 radical (unpaired) electrons. The Hall–Kier alpha value is -0.850. The van der Waals surface area contributed by atoms with E-state index in [0.717, 1.165) is 0 Å². The van der Waals surface area contributed by atoms with Crippen molar-refractivity contribution in [3.63, 3.8) is 0 Å². The second kappa shape index (κ2) is 6.60. The van der Waals surface area contributed by atoms with E-state index in [2.05, 4.69) is 0 Å². The largest absolute Gasteiger partial charge is 0.395 e. The molecule has 0 aromatic heterocycles. The van der Waals surface area contributed by atoms with E-state index in [9.17, 15) is 4.79 Å². The van der Waals surface area contributed by atoms with Gasteiger partial charge in [-0.1, -0.05) is 0 Å². The van der Waals surface area contributed by atoms with Crippen LogP contribution >= 0.6 is 0 Å². The number of morpholine rings is 1. The van der Waals surface area contributed by atoms with Crippen LogP contribution < -0.4 is 0 Å². The molecule has 2 N–H and O–H groups in total. The van der Waals surface area contributed by atoms with Crippen molar-refractivity contribution >= 4 is 6.03 Å². The topological polar surface area (TPSA) is 73.2 Å². The van der Waals surface area contributed by atoms with Crippen molar-refractivity contribution < 1.29 is 19.7 Å². The summed E-state index contributed by atoms with van der Waals surface area (Å²) in [7, 11) is 0. The minimum atomic E-state index is -0.138. The first-order chi connectivity index (χ1) is 7.29. The standard InChI is InChI=1S/C9H18N2O4/c12-5-1-10(2-6-13)9(14)11-3-7-15-8-4-11/h12-13H,1-8H2. The van der Waals surface area contributed by atoms with Gasteiger partial charge in [0.05, 0.1) is 26.4 Å². The van der Waals surface area contributed by atoms with Crippen LogP contribution in [0.25, 0.3) is 0 Å². The average Bonchev–Trinajstić information content (AvgIpc) is 2.29. The second-order valence-electron chi connectivity index (χ2n) is 3.32. The predicted molar refractivity (Wildman–Crippen MR) is 53.5 cm³/mol. The molecule has 0 atom stereocenters. The number of aliphatic hydroxyl groups excluding tert-OH is 2. The van der Waals surface area contributed by atoms with Gasteiger partial charge in [0.15, 0.2) is 0 Å². The van der Waals surface area contributed by atoms with Crippen LogP contribution in [0.3, 0.4) is 0 Å². The molecule has 15 heavy (non-hydrogen) atoms. The molecule has 0 bridgehead atoms. The van der Waals surface area contributed by atoms with Crippen LogP contribution in [0.5, 0.6) is 0 Å². The summed E-state index contributed by atoms with van der Waals surface area (Å²) in [4.78, 5) is 15.0. The molecule has 1 rings (SSSR count). The van der Waals surface area contributed by atoms with Crippen molar-refractivity contribution in [1.29, 1.82) is 0 Å². The van der Waals surface area contributed by atoms with Gasteiger partial charge in [0, 0.05) is 26.2 Å². The third kappa shape index (κ3) is 3.65. The van der Waals surface area contributed by atoms with Crippen LogP contribution in [-0.2, 0) is 4.74 Å². The van der Waals surface area contributed by atoms with E-state index in [4.69, 9.17) is 14.9 Å². The highest BCUT2D eigenvalue weighted by Crippen LogP contribution is 2.02. The first kappa shape index (κ1) is 12.2. The third-order valence-electron chi connectivity index (χ3n) is 2.29. The molecule has 0 spiro atoms. The lowest BCUT2D eigenvalue weighted by Crippen LogP contribution is -2.49. The fourth-order valence-electron chi connectivity index (χ4n) is 1.50. The summed E-state index contributed by atoms with van der Waals surface area (Å²) in [5.74, 6) is 0. The molecule has 0 aromatic carbocycles. The number of carbonyl (C=O) groups is 1. The quantitative estimate of drug-likeness (QED) is 0.617. The molecule has 2 amide bonds. The van der Waals surface area contributed by atoms with Crippen molar-refractivity contribution in [1.82, 2.24) is 9.80 Å². The van der Waals surface area contributed by atoms with Gasteiger partial charge in [-0.2, -0.15) is 0 Å². The smallest absolute Gasteiger partial charge is 0.320 e. The van der Waals surface area contributed by atoms with Crippen LogP contribution in [0.2, 0.25) is 0 Å². The van der Waals surface area contributed by atoms with E-state index >= 15 is 0 Å². The number of carbonyl (C=O) groups excluding carboxylic acids is 1. The highest BCUT2D eigenvalue weighted by atomic mass is 16.5. The molecule has 6 nitrogen and oxygen atoms in total. The van der Waals surface area contributed by atoms with E-state index in [1.807, 2.05) is 0 Å². The highest BCUT2D eigenvalue weighted by Gasteiger charge is 2.21. The summed E-state index contributed by atoms with van der Waals surface area (Å²) in [6, 6.07) is -0.138. The molecule has 1 saturated heterocycles. The fourth-order valence-corrected chi connectivity index (χ4v) is 1.50. The third-order valence-corrected chi connectivity index (χ3v) is 2.29. The minimum absolute atomic E-state index is 0.0872. The van der Waals surface area contributed by atoms with Crippen molar-refractivity contribution in [3.8, 4) is 0 Å². The Morgan fingerprint density at radius 2 is 1.73 bits per heavy atom. The monoisotopic (exact) mass is 218 g/mol. The zero-order valence-corrected chi connectivity index (χ0v) is 8.76. The molecular weight excluding hydrogens is 200 g/mol. The number of hydrogen-bond donors (Lipinski definition) is 2. The Kier molecular flexibility index (Phi) is 5.38. The number of nitrogens with zero attached hydrogens (tertiary/aromatic N) is 2. The van der Waals surface area contributed by atoms with Gasteiger partial charge in [-0.25, -0.2) is 4.79 Å². The molecule has 0 saturated carbocycles. The lowest BCUT2D eigenvalue weighted by Gasteiger charge is -2.32. The molecule has 0 aromatic rings. The first-order valence-corrected chi connectivity index (χ1v) is 5.13. The zero-order valence-electron chi connectivity index (χ0n) is 8.76. The van der Waals surface area contributed by atoms with Gasteiger partial charge < -0.3 is 24.7 Å². The minimum Gasteiger partial charge on any atom is -0.395 e. The number of amides is 2. The lowest BCUT2D eigenvalue weighted by molar-refractivity contribution is 0.0402. The van der Waals surface area contributed by atoms with E-state index < -0.39 is 0 Å². The number of urea groups is 1. The summed E-state index contributed by atoms with van der Waals surface area (Å²) >= 11 is 0.